The monoisotopic (exact) mass is 262 g/mol. The van der Waals surface area contributed by atoms with Gasteiger partial charge in [0.05, 0.1) is 6.26 Å². The molecule has 2 rings (SSSR count). The van der Waals surface area contributed by atoms with Crippen LogP contribution >= 0.6 is 0 Å². The molecule has 0 saturated heterocycles. The molecule has 5 heteroatoms. The van der Waals surface area contributed by atoms with Gasteiger partial charge in [0, 0.05) is 30.5 Å². The molecule has 0 radical (unpaired) electrons. The van der Waals surface area contributed by atoms with Gasteiger partial charge < -0.3 is 9.73 Å². The van der Waals surface area contributed by atoms with Gasteiger partial charge in [-0.3, -0.25) is 0 Å². The fraction of sp³-hybridized carbons (Fsp3) is 0.571. The van der Waals surface area contributed by atoms with Crippen LogP contribution in [0.1, 0.15) is 50.0 Å². The summed E-state index contributed by atoms with van der Waals surface area (Å²) >= 11 is 0. The predicted molar refractivity (Wildman–Crippen MR) is 74.0 cm³/mol. The number of aryl methyl sites for hydroxylation is 1. The number of furan rings is 1. The predicted octanol–water partition coefficient (Wildman–Crippen LogP) is 2.52. The van der Waals surface area contributed by atoms with Crippen molar-refractivity contribution in [1.82, 2.24) is 20.1 Å². The highest BCUT2D eigenvalue weighted by Crippen LogP contribution is 2.23. The number of hydrogen-bond acceptors (Lipinski definition) is 4. The van der Waals surface area contributed by atoms with Gasteiger partial charge in [0.2, 0.25) is 0 Å². The maximum atomic E-state index is 5.51. The molecule has 0 fully saturated rings. The summed E-state index contributed by atoms with van der Waals surface area (Å²) in [4.78, 5) is 4.37. The standard InChI is InChI=1S/C14H22N4O/c1-5-13-11(6-7-19-13)12(15-4)8-14-16-9-17-18(14)10(2)3/h6-7,9-10,12,15H,5,8H2,1-4H3. The van der Waals surface area contributed by atoms with Crippen LogP contribution < -0.4 is 5.32 Å². The van der Waals surface area contributed by atoms with E-state index < -0.39 is 0 Å². The van der Waals surface area contributed by atoms with Gasteiger partial charge >= 0.3 is 0 Å². The Bertz CT molecular complexity index is 515. The lowest BCUT2D eigenvalue weighted by atomic mass is 10.0. The van der Waals surface area contributed by atoms with E-state index in [-0.39, 0.29) is 6.04 Å². The fourth-order valence-electron chi connectivity index (χ4n) is 2.35. The third-order valence-electron chi connectivity index (χ3n) is 3.35. The summed E-state index contributed by atoms with van der Waals surface area (Å²) < 4.78 is 7.48. The van der Waals surface area contributed by atoms with Gasteiger partial charge in [0.1, 0.15) is 17.9 Å². The smallest absolute Gasteiger partial charge is 0.138 e. The normalized spacial score (nSPS) is 13.1. The molecular weight excluding hydrogens is 240 g/mol. The lowest BCUT2D eigenvalue weighted by molar-refractivity contribution is 0.466. The molecule has 0 aliphatic rings. The van der Waals surface area contributed by atoms with Gasteiger partial charge in [-0.05, 0) is 27.0 Å². The molecule has 0 aliphatic carbocycles. The maximum absolute atomic E-state index is 5.51. The summed E-state index contributed by atoms with van der Waals surface area (Å²) in [7, 11) is 1.97. The first-order chi connectivity index (χ1) is 9.17. The first-order valence-electron chi connectivity index (χ1n) is 6.79. The molecule has 1 unspecified atom stereocenters. The van der Waals surface area contributed by atoms with E-state index in [2.05, 4.69) is 36.2 Å². The molecule has 5 nitrogen and oxygen atoms in total. The Morgan fingerprint density at radius 2 is 2.21 bits per heavy atom. The lowest BCUT2D eigenvalue weighted by Crippen LogP contribution is -2.22. The Kier molecular flexibility index (Phi) is 4.37. The summed E-state index contributed by atoms with van der Waals surface area (Å²) in [5.74, 6) is 2.03. The van der Waals surface area contributed by atoms with Crippen LogP contribution in [0.5, 0.6) is 0 Å². The third kappa shape index (κ3) is 2.87. The summed E-state index contributed by atoms with van der Waals surface area (Å²) in [5.41, 5.74) is 1.21. The van der Waals surface area contributed by atoms with Crippen molar-refractivity contribution < 1.29 is 4.42 Å². The van der Waals surface area contributed by atoms with E-state index in [1.807, 2.05) is 17.8 Å². The second-order valence-corrected chi connectivity index (χ2v) is 4.91. The summed E-state index contributed by atoms with van der Waals surface area (Å²) in [6.07, 6.45) is 5.09. The van der Waals surface area contributed by atoms with Crippen molar-refractivity contribution in [3.63, 3.8) is 0 Å². The van der Waals surface area contributed by atoms with Crippen LogP contribution in [0.3, 0.4) is 0 Å². The molecule has 0 aliphatic heterocycles. The molecule has 104 valence electrons. The quantitative estimate of drug-likeness (QED) is 0.869. The Labute approximate surface area is 114 Å². The van der Waals surface area contributed by atoms with Crippen molar-refractivity contribution in [2.24, 2.45) is 0 Å². The fourth-order valence-corrected chi connectivity index (χ4v) is 2.35. The zero-order chi connectivity index (χ0) is 13.8. The van der Waals surface area contributed by atoms with Crippen molar-refractivity contribution in [2.45, 2.75) is 45.7 Å². The molecule has 0 spiro atoms. The third-order valence-corrected chi connectivity index (χ3v) is 3.35. The van der Waals surface area contributed by atoms with Crippen LogP contribution in [0, 0.1) is 0 Å². The van der Waals surface area contributed by atoms with E-state index in [4.69, 9.17) is 4.42 Å². The van der Waals surface area contributed by atoms with E-state index >= 15 is 0 Å². The Hall–Kier alpha value is -1.62. The second-order valence-electron chi connectivity index (χ2n) is 4.91. The van der Waals surface area contributed by atoms with Crippen LogP contribution in [0.4, 0.5) is 0 Å². The number of nitrogens with one attached hydrogen (secondary N) is 1. The summed E-state index contributed by atoms with van der Waals surface area (Å²) in [6, 6.07) is 2.57. The van der Waals surface area contributed by atoms with Crippen molar-refractivity contribution in [1.29, 1.82) is 0 Å². The average Bonchev–Trinajstić information content (AvgIpc) is 3.04. The van der Waals surface area contributed by atoms with Gasteiger partial charge in [-0.25, -0.2) is 9.67 Å². The molecular formula is C14H22N4O. The van der Waals surface area contributed by atoms with Crippen molar-refractivity contribution in [2.75, 3.05) is 7.05 Å². The van der Waals surface area contributed by atoms with E-state index in [9.17, 15) is 0 Å². The first kappa shape index (κ1) is 13.8. The van der Waals surface area contributed by atoms with E-state index in [0.717, 1.165) is 24.4 Å². The second kappa shape index (κ2) is 6.02. The van der Waals surface area contributed by atoms with Crippen molar-refractivity contribution in [3.8, 4) is 0 Å². The van der Waals surface area contributed by atoms with Crippen LogP contribution in [0.15, 0.2) is 23.1 Å². The molecule has 1 atom stereocenters. The number of likely N-dealkylation sites (N-methyl/N-ethyl adjacent to an activating group) is 1. The Morgan fingerprint density at radius 1 is 1.42 bits per heavy atom. The zero-order valence-electron chi connectivity index (χ0n) is 12.1. The topological polar surface area (TPSA) is 55.9 Å². The van der Waals surface area contributed by atoms with Gasteiger partial charge in [-0.2, -0.15) is 5.10 Å². The summed E-state index contributed by atoms with van der Waals surface area (Å²) in [5, 5.41) is 7.62. The number of aromatic nitrogens is 3. The highest BCUT2D eigenvalue weighted by molar-refractivity contribution is 5.22. The minimum atomic E-state index is 0.204. The van der Waals surface area contributed by atoms with Crippen molar-refractivity contribution in [3.05, 3.63) is 35.8 Å². The van der Waals surface area contributed by atoms with Crippen LogP contribution in [0.25, 0.3) is 0 Å². The zero-order valence-corrected chi connectivity index (χ0v) is 12.1. The molecule has 19 heavy (non-hydrogen) atoms. The Balaban J connectivity index is 2.22. The molecule has 2 heterocycles. The van der Waals surface area contributed by atoms with Gasteiger partial charge in [-0.1, -0.05) is 6.92 Å². The minimum Gasteiger partial charge on any atom is -0.469 e. The van der Waals surface area contributed by atoms with Crippen LogP contribution in [-0.4, -0.2) is 21.8 Å². The lowest BCUT2D eigenvalue weighted by Gasteiger charge is -2.17. The SMILES string of the molecule is CCc1occc1C(Cc1ncnn1C(C)C)NC. The number of hydrogen-bond donors (Lipinski definition) is 1. The van der Waals surface area contributed by atoms with Gasteiger partial charge in [0.25, 0.3) is 0 Å². The molecule has 1 N–H and O–H groups in total. The van der Waals surface area contributed by atoms with Crippen LogP contribution in [0.2, 0.25) is 0 Å². The van der Waals surface area contributed by atoms with Crippen molar-refractivity contribution >= 4 is 0 Å². The summed E-state index contributed by atoms with van der Waals surface area (Å²) in [6.45, 7) is 6.33. The number of nitrogens with zero attached hydrogens (tertiary/aromatic N) is 3. The molecule has 2 aromatic heterocycles. The molecule has 0 amide bonds. The van der Waals surface area contributed by atoms with E-state index in [1.165, 1.54) is 5.56 Å². The highest BCUT2D eigenvalue weighted by Gasteiger charge is 2.19. The van der Waals surface area contributed by atoms with Gasteiger partial charge in [0.15, 0.2) is 0 Å². The van der Waals surface area contributed by atoms with Gasteiger partial charge in [-0.15, -0.1) is 0 Å². The highest BCUT2D eigenvalue weighted by atomic mass is 16.3. The number of rotatable bonds is 6. The molecule has 2 aromatic rings. The van der Waals surface area contributed by atoms with Crippen LogP contribution in [-0.2, 0) is 12.8 Å². The Morgan fingerprint density at radius 3 is 2.84 bits per heavy atom. The molecule has 0 saturated carbocycles. The average molecular weight is 262 g/mol. The minimum absolute atomic E-state index is 0.204. The molecule has 0 aromatic carbocycles. The van der Waals surface area contributed by atoms with E-state index in [0.29, 0.717) is 6.04 Å². The first-order valence-corrected chi connectivity index (χ1v) is 6.79. The largest absolute Gasteiger partial charge is 0.469 e. The maximum Gasteiger partial charge on any atom is 0.138 e. The molecule has 0 bridgehead atoms. The van der Waals surface area contributed by atoms with E-state index in [1.54, 1.807) is 12.6 Å².